The molecule has 0 amide bonds. The summed E-state index contributed by atoms with van der Waals surface area (Å²) in [6, 6.07) is 7.34. The number of nitrogens with one attached hydrogen (secondary N) is 1. The van der Waals surface area contributed by atoms with Crippen LogP contribution in [0.25, 0.3) is 0 Å². The maximum atomic E-state index is 15.5. The van der Waals surface area contributed by atoms with Crippen LogP contribution >= 0.6 is 23.1 Å². The Morgan fingerprint density at radius 3 is 2.61 bits per heavy atom. The van der Waals surface area contributed by atoms with Gasteiger partial charge in [-0.3, -0.25) is 4.90 Å². The zero-order valence-electron chi connectivity index (χ0n) is 21.1. The van der Waals surface area contributed by atoms with Crippen LogP contribution in [0.3, 0.4) is 0 Å². The first-order chi connectivity index (χ1) is 18.3. The number of fused-ring (bicyclic) bond motifs is 1. The zero-order chi connectivity index (χ0) is 26.9. The third-order valence-corrected chi connectivity index (χ3v) is 10.2. The van der Waals surface area contributed by atoms with Gasteiger partial charge in [0.05, 0.1) is 31.5 Å². The molecule has 0 saturated carbocycles. The van der Waals surface area contributed by atoms with E-state index in [1.165, 1.54) is 20.5 Å². The molecule has 0 bridgehead atoms. The van der Waals surface area contributed by atoms with Crippen LogP contribution in [0.1, 0.15) is 31.2 Å². The summed E-state index contributed by atoms with van der Waals surface area (Å²) < 4.78 is 58.8. The van der Waals surface area contributed by atoms with Gasteiger partial charge < -0.3 is 14.8 Å². The van der Waals surface area contributed by atoms with Crippen LogP contribution in [0.5, 0.6) is 11.5 Å². The van der Waals surface area contributed by atoms with Crippen molar-refractivity contribution >= 4 is 44.0 Å². The number of nitrogens with zero attached hydrogens (tertiary/aromatic N) is 4. The van der Waals surface area contributed by atoms with Gasteiger partial charge in [0.2, 0.25) is 5.13 Å². The molecular formula is C25H29ClFN5O4S2. The lowest BCUT2D eigenvalue weighted by Crippen LogP contribution is -2.44. The van der Waals surface area contributed by atoms with Gasteiger partial charge in [-0.2, -0.15) is 4.37 Å². The molecular weight excluding hydrogens is 553 g/mol. The molecule has 5 rings (SSSR count). The lowest BCUT2D eigenvalue weighted by atomic mass is 9.94. The maximum Gasteiger partial charge on any atom is 0.269 e. The van der Waals surface area contributed by atoms with Gasteiger partial charge in [0.1, 0.15) is 28.5 Å². The van der Waals surface area contributed by atoms with Gasteiger partial charge in [-0.15, -0.1) is 0 Å². The number of hydrogen-bond donors (Lipinski definition) is 1. The highest BCUT2D eigenvalue weighted by molar-refractivity contribution is 7.93. The summed E-state index contributed by atoms with van der Waals surface area (Å²) in [5.41, 5.74) is 0.959. The van der Waals surface area contributed by atoms with Crippen molar-refractivity contribution < 1.29 is 22.3 Å². The van der Waals surface area contributed by atoms with Crippen LogP contribution in [-0.2, 0) is 16.6 Å². The number of hydrogen-bond acceptors (Lipinski definition) is 9. The number of rotatable bonds is 10. The Kier molecular flexibility index (Phi) is 7.67. The van der Waals surface area contributed by atoms with Crippen molar-refractivity contribution in [2.75, 3.05) is 43.5 Å². The first-order valence-corrected chi connectivity index (χ1v) is 14.8. The van der Waals surface area contributed by atoms with Crippen molar-refractivity contribution in [2.24, 2.45) is 0 Å². The molecule has 0 radical (unpaired) electrons. The average molecular weight is 582 g/mol. The minimum Gasteiger partial charge on any atom is -0.497 e. The third kappa shape index (κ3) is 5.02. The molecule has 2 aliphatic heterocycles. The topological polar surface area (TPSA) is 96.9 Å². The molecule has 2 fully saturated rings. The summed E-state index contributed by atoms with van der Waals surface area (Å²) in [6.45, 7) is 2.61. The Bertz CT molecular complexity index is 1400. The fourth-order valence-corrected chi connectivity index (χ4v) is 7.92. The van der Waals surface area contributed by atoms with Gasteiger partial charge in [0, 0.05) is 35.2 Å². The largest absolute Gasteiger partial charge is 0.497 e. The molecule has 0 unspecified atom stereocenters. The highest BCUT2D eigenvalue weighted by atomic mass is 35.5. The predicted molar refractivity (Wildman–Crippen MR) is 145 cm³/mol. The molecule has 3 heterocycles. The fourth-order valence-electron chi connectivity index (χ4n) is 5.42. The van der Waals surface area contributed by atoms with E-state index in [1.807, 2.05) is 0 Å². The minimum atomic E-state index is -4.42. The molecule has 1 aromatic heterocycles. The summed E-state index contributed by atoms with van der Waals surface area (Å²) in [4.78, 5) is 6.02. The molecule has 204 valence electrons. The molecule has 1 N–H and O–H groups in total. The molecule has 2 aliphatic rings. The smallest absolute Gasteiger partial charge is 0.269 e. The Morgan fingerprint density at radius 2 is 1.95 bits per heavy atom. The van der Waals surface area contributed by atoms with Crippen LogP contribution in [0.15, 0.2) is 41.6 Å². The summed E-state index contributed by atoms with van der Waals surface area (Å²) in [6.07, 6.45) is 5.69. The average Bonchev–Trinajstić information content (AvgIpc) is 3.65. The van der Waals surface area contributed by atoms with Gasteiger partial charge in [-0.1, -0.05) is 11.6 Å². The Balaban J connectivity index is 1.45. The first-order valence-electron chi connectivity index (χ1n) is 12.3. The van der Waals surface area contributed by atoms with Crippen molar-refractivity contribution in [3.8, 4) is 11.5 Å². The van der Waals surface area contributed by atoms with E-state index < -0.39 is 20.7 Å². The van der Waals surface area contributed by atoms with E-state index >= 15 is 4.39 Å². The van der Waals surface area contributed by atoms with Crippen LogP contribution in [0.4, 0.5) is 15.2 Å². The second-order valence-corrected chi connectivity index (χ2v) is 12.4. The maximum absolute atomic E-state index is 15.5. The van der Waals surface area contributed by atoms with E-state index in [2.05, 4.69) is 19.6 Å². The van der Waals surface area contributed by atoms with Gasteiger partial charge >= 0.3 is 0 Å². The second kappa shape index (κ2) is 10.8. The predicted octanol–water partition coefficient (Wildman–Crippen LogP) is 4.78. The highest BCUT2D eigenvalue weighted by Crippen LogP contribution is 2.40. The quantitative estimate of drug-likeness (QED) is 0.365. The van der Waals surface area contributed by atoms with Crippen molar-refractivity contribution in [3.05, 3.63) is 53.1 Å². The molecule has 9 nitrogen and oxygen atoms in total. The van der Waals surface area contributed by atoms with Gasteiger partial charge in [0.25, 0.3) is 10.0 Å². The second-order valence-electron chi connectivity index (χ2n) is 9.45. The van der Waals surface area contributed by atoms with Crippen LogP contribution in [0.2, 0.25) is 5.02 Å². The lowest BCUT2D eigenvalue weighted by molar-refractivity contribution is 0.209. The van der Waals surface area contributed by atoms with Gasteiger partial charge in [-0.05, 0) is 63.0 Å². The van der Waals surface area contributed by atoms with Crippen molar-refractivity contribution in [1.82, 2.24) is 14.3 Å². The van der Waals surface area contributed by atoms with E-state index in [1.54, 1.807) is 18.2 Å². The Morgan fingerprint density at radius 1 is 1.18 bits per heavy atom. The standard InChI is InChI=1S/C25H29ClFN5O4S2/c1-35-18-6-5-17(22(11-18)36-2)14-32(24-29-16-30-37-24)38(33,34)23-12-19(26)21(13-20(23)27)28-15-25-7-3-9-31(25)10-4-8-25/h5-6,11-13,16,28H,3-4,7-10,14-15H2,1-2H3. The van der Waals surface area contributed by atoms with Gasteiger partial charge in [0.15, 0.2) is 0 Å². The number of halogens is 2. The number of anilines is 2. The zero-order valence-corrected chi connectivity index (χ0v) is 23.5. The number of methoxy groups -OCH3 is 2. The fraction of sp³-hybridized carbons (Fsp3) is 0.440. The monoisotopic (exact) mass is 581 g/mol. The number of benzene rings is 2. The first kappa shape index (κ1) is 26.9. The van der Waals surface area contributed by atoms with E-state index in [0.717, 1.165) is 66.7 Å². The molecule has 3 aromatic rings. The normalized spacial score (nSPS) is 16.8. The summed E-state index contributed by atoms with van der Waals surface area (Å²) in [5.74, 6) is 0.0642. The van der Waals surface area contributed by atoms with Crippen LogP contribution in [-0.4, -0.2) is 62.1 Å². The van der Waals surface area contributed by atoms with Crippen LogP contribution in [0, 0.1) is 5.82 Å². The molecule has 0 aliphatic carbocycles. The Hall–Kier alpha value is -2.67. The molecule has 13 heteroatoms. The summed E-state index contributed by atoms with van der Waals surface area (Å²) in [7, 11) is -1.42. The molecule has 0 spiro atoms. The number of ether oxygens (including phenoxy) is 2. The third-order valence-electron chi connectivity index (χ3n) is 7.38. The van der Waals surface area contributed by atoms with Crippen molar-refractivity contribution in [3.63, 3.8) is 0 Å². The Labute approximate surface area is 230 Å². The van der Waals surface area contributed by atoms with Crippen molar-refractivity contribution in [2.45, 2.75) is 42.7 Å². The number of sulfonamides is 1. The SMILES string of the molecule is COc1ccc(CN(c2ncns2)S(=O)(=O)c2cc(Cl)c(NCC34CCCN3CCC4)cc2F)c(OC)c1. The van der Waals surface area contributed by atoms with E-state index in [4.69, 9.17) is 21.1 Å². The molecule has 2 aromatic carbocycles. The summed E-state index contributed by atoms with van der Waals surface area (Å²) in [5, 5.41) is 3.50. The van der Waals surface area contributed by atoms with Gasteiger partial charge in [-0.25, -0.2) is 22.1 Å². The summed E-state index contributed by atoms with van der Waals surface area (Å²) >= 11 is 7.40. The number of aromatic nitrogens is 2. The lowest BCUT2D eigenvalue weighted by Gasteiger charge is -2.32. The minimum absolute atomic E-state index is 0.0522. The highest BCUT2D eigenvalue weighted by Gasteiger charge is 2.44. The van der Waals surface area contributed by atoms with Crippen molar-refractivity contribution in [1.29, 1.82) is 0 Å². The van der Waals surface area contributed by atoms with E-state index in [9.17, 15) is 8.42 Å². The van der Waals surface area contributed by atoms with E-state index in [0.29, 0.717) is 29.3 Å². The molecule has 38 heavy (non-hydrogen) atoms. The molecule has 2 saturated heterocycles. The van der Waals surface area contributed by atoms with Crippen LogP contribution < -0.4 is 19.1 Å². The van der Waals surface area contributed by atoms with E-state index in [-0.39, 0.29) is 22.2 Å². The molecule has 0 atom stereocenters.